The molecule has 0 spiro atoms. The smallest absolute Gasteiger partial charge is 0.328 e. The number of aromatic amines is 1. The minimum absolute atomic E-state index is 0.0335. The quantitative estimate of drug-likeness (QED) is 0.135. The molecule has 2 aromatic rings. The van der Waals surface area contributed by atoms with Gasteiger partial charge in [0.05, 0.1) is 12.6 Å². The molecule has 0 radical (unpaired) electrons. The summed E-state index contributed by atoms with van der Waals surface area (Å²) in [5, 5.41) is 26.9. The zero-order chi connectivity index (χ0) is 28.2. The van der Waals surface area contributed by atoms with Gasteiger partial charge in [-0.3, -0.25) is 14.4 Å². The van der Waals surface area contributed by atoms with Crippen LogP contribution in [0.25, 0.3) is 10.9 Å². The van der Waals surface area contributed by atoms with E-state index in [2.05, 4.69) is 20.9 Å². The molecule has 0 aliphatic rings. The first-order valence-corrected chi connectivity index (χ1v) is 12.8. The lowest BCUT2D eigenvalue weighted by Crippen LogP contribution is -2.57. The van der Waals surface area contributed by atoms with Crippen molar-refractivity contribution in [2.24, 2.45) is 17.4 Å². The minimum atomic E-state index is -1.51. The molecule has 3 amide bonds. The number of aliphatic hydroxyl groups is 1. The van der Waals surface area contributed by atoms with Gasteiger partial charge in [-0.15, -0.1) is 0 Å². The van der Waals surface area contributed by atoms with Crippen LogP contribution in [0.15, 0.2) is 30.5 Å². The van der Waals surface area contributed by atoms with E-state index in [4.69, 9.17) is 16.6 Å². The maximum atomic E-state index is 13.2. The predicted octanol–water partition coefficient (Wildman–Crippen LogP) is -0.256. The molecule has 10 N–H and O–H groups in total. The molecule has 0 aliphatic heterocycles. The average molecular weight is 533 g/mol. The molecule has 2 rings (SSSR count). The third kappa shape index (κ3) is 9.12. The van der Waals surface area contributed by atoms with Gasteiger partial charge >= 0.3 is 5.97 Å². The molecule has 12 heteroatoms. The maximum Gasteiger partial charge on any atom is 0.328 e. The molecule has 0 bridgehead atoms. The van der Waals surface area contributed by atoms with Crippen LogP contribution in [0.2, 0.25) is 0 Å². The summed E-state index contributed by atoms with van der Waals surface area (Å²) in [7, 11) is 0. The van der Waals surface area contributed by atoms with Crippen LogP contribution in [0.1, 0.15) is 45.1 Å². The number of benzene rings is 1. The largest absolute Gasteiger partial charge is 0.480 e. The first kappa shape index (κ1) is 30.7. The van der Waals surface area contributed by atoms with Gasteiger partial charge in [-0.2, -0.15) is 0 Å². The molecule has 12 nitrogen and oxygen atoms in total. The Morgan fingerprint density at radius 1 is 0.947 bits per heavy atom. The second-order valence-corrected chi connectivity index (χ2v) is 9.79. The highest BCUT2D eigenvalue weighted by Crippen LogP contribution is 2.19. The van der Waals surface area contributed by atoms with Gasteiger partial charge in [0, 0.05) is 17.1 Å². The monoisotopic (exact) mass is 532 g/mol. The number of rotatable bonds is 16. The maximum absolute atomic E-state index is 13.2. The van der Waals surface area contributed by atoms with Crippen LogP contribution in [0.4, 0.5) is 0 Å². The lowest BCUT2D eigenvalue weighted by molar-refractivity contribution is -0.143. The molecule has 38 heavy (non-hydrogen) atoms. The van der Waals surface area contributed by atoms with Crippen LogP contribution in [-0.4, -0.2) is 76.2 Å². The number of para-hydroxylation sites is 1. The molecular weight excluding hydrogens is 492 g/mol. The SMILES string of the molecule is CC(C)CC(NC(=O)C(N)Cc1c[nH]c2ccccc12)C(=O)NC(CCCCN)C(=O)NC(CO)C(=O)O. The Morgan fingerprint density at radius 2 is 1.58 bits per heavy atom. The van der Waals surface area contributed by atoms with E-state index in [1.54, 1.807) is 6.20 Å². The van der Waals surface area contributed by atoms with Gasteiger partial charge in [0.15, 0.2) is 0 Å². The molecule has 1 aromatic carbocycles. The first-order chi connectivity index (χ1) is 18.1. The number of fused-ring (bicyclic) bond motifs is 1. The number of carboxylic acids is 1. The Hall–Kier alpha value is -3.48. The number of hydrogen-bond acceptors (Lipinski definition) is 7. The Labute approximate surface area is 221 Å². The highest BCUT2D eigenvalue weighted by atomic mass is 16.4. The number of amides is 3. The zero-order valence-electron chi connectivity index (χ0n) is 21.9. The second-order valence-electron chi connectivity index (χ2n) is 9.79. The van der Waals surface area contributed by atoms with Crippen LogP contribution in [0.5, 0.6) is 0 Å². The van der Waals surface area contributed by atoms with E-state index in [9.17, 15) is 24.3 Å². The van der Waals surface area contributed by atoms with Gasteiger partial charge < -0.3 is 42.6 Å². The van der Waals surface area contributed by atoms with Crippen molar-refractivity contribution in [2.45, 2.75) is 70.1 Å². The van der Waals surface area contributed by atoms with E-state index in [0.717, 1.165) is 16.5 Å². The highest BCUT2D eigenvalue weighted by molar-refractivity contribution is 5.94. The topological polar surface area (TPSA) is 213 Å². The molecule has 0 fully saturated rings. The van der Waals surface area contributed by atoms with Crippen LogP contribution >= 0.6 is 0 Å². The molecule has 0 aliphatic carbocycles. The van der Waals surface area contributed by atoms with Crippen LogP contribution in [0, 0.1) is 5.92 Å². The van der Waals surface area contributed by atoms with Crippen molar-refractivity contribution in [3.8, 4) is 0 Å². The van der Waals surface area contributed by atoms with Gasteiger partial charge in [0.1, 0.15) is 18.1 Å². The fourth-order valence-corrected chi connectivity index (χ4v) is 4.10. The van der Waals surface area contributed by atoms with Crippen LogP contribution < -0.4 is 27.4 Å². The summed E-state index contributed by atoms with van der Waals surface area (Å²) in [6.45, 7) is 3.37. The number of H-pyrrole nitrogens is 1. The van der Waals surface area contributed by atoms with Crippen molar-refractivity contribution < 1.29 is 29.4 Å². The van der Waals surface area contributed by atoms with E-state index in [1.807, 2.05) is 38.1 Å². The second kappa shape index (κ2) is 15.1. The van der Waals surface area contributed by atoms with Gasteiger partial charge in [0.2, 0.25) is 17.7 Å². The van der Waals surface area contributed by atoms with Crippen LogP contribution in [-0.2, 0) is 25.6 Å². The minimum Gasteiger partial charge on any atom is -0.480 e. The third-order valence-electron chi connectivity index (χ3n) is 6.17. The van der Waals surface area contributed by atoms with Crippen molar-refractivity contribution in [3.05, 3.63) is 36.0 Å². The molecule has 1 aromatic heterocycles. The Balaban J connectivity index is 2.11. The van der Waals surface area contributed by atoms with Gasteiger partial charge in [-0.05, 0) is 56.2 Å². The number of aromatic nitrogens is 1. The zero-order valence-corrected chi connectivity index (χ0v) is 21.9. The van der Waals surface area contributed by atoms with E-state index >= 15 is 0 Å². The fraction of sp³-hybridized carbons (Fsp3) is 0.538. The number of carbonyl (C=O) groups excluding carboxylic acids is 3. The van der Waals surface area contributed by atoms with E-state index in [-0.39, 0.29) is 18.8 Å². The Morgan fingerprint density at radius 3 is 2.21 bits per heavy atom. The molecular formula is C26H40N6O6. The molecule has 0 saturated carbocycles. The summed E-state index contributed by atoms with van der Waals surface area (Å²) in [5.41, 5.74) is 13.5. The Bertz CT molecular complexity index is 1090. The predicted molar refractivity (Wildman–Crippen MR) is 143 cm³/mol. The summed E-state index contributed by atoms with van der Waals surface area (Å²) < 4.78 is 0. The van der Waals surface area contributed by atoms with Gasteiger partial charge in [-0.1, -0.05) is 32.0 Å². The number of aliphatic carboxylic acids is 1. The molecule has 210 valence electrons. The normalized spacial score (nSPS) is 14.5. The number of nitrogens with one attached hydrogen (secondary N) is 4. The van der Waals surface area contributed by atoms with Gasteiger partial charge in [-0.25, -0.2) is 4.79 Å². The summed E-state index contributed by atoms with van der Waals surface area (Å²) in [6, 6.07) is 3.19. The average Bonchev–Trinajstić information content (AvgIpc) is 3.28. The van der Waals surface area contributed by atoms with Crippen molar-refractivity contribution in [1.82, 2.24) is 20.9 Å². The molecule has 0 saturated heterocycles. The number of carbonyl (C=O) groups is 4. The molecule has 1 heterocycles. The van der Waals surface area contributed by atoms with Crippen LogP contribution in [0.3, 0.4) is 0 Å². The van der Waals surface area contributed by atoms with Gasteiger partial charge in [0.25, 0.3) is 0 Å². The molecule has 4 atom stereocenters. The Kier molecular flexibility index (Phi) is 12.2. The lowest BCUT2D eigenvalue weighted by Gasteiger charge is -2.26. The number of nitrogens with two attached hydrogens (primary N) is 2. The fourth-order valence-electron chi connectivity index (χ4n) is 4.10. The van der Waals surface area contributed by atoms with E-state index in [0.29, 0.717) is 25.8 Å². The lowest BCUT2D eigenvalue weighted by atomic mass is 10.00. The number of hydrogen-bond donors (Lipinski definition) is 8. The van der Waals surface area contributed by atoms with Crippen molar-refractivity contribution in [2.75, 3.05) is 13.2 Å². The third-order valence-corrected chi connectivity index (χ3v) is 6.17. The number of aliphatic hydroxyl groups excluding tert-OH is 1. The number of unbranched alkanes of at least 4 members (excludes halogenated alkanes) is 1. The van der Waals surface area contributed by atoms with E-state index in [1.165, 1.54) is 0 Å². The molecule has 4 unspecified atom stereocenters. The van der Waals surface area contributed by atoms with Crippen molar-refractivity contribution in [3.63, 3.8) is 0 Å². The van der Waals surface area contributed by atoms with E-state index < -0.39 is 54.5 Å². The standard InChI is InChI=1S/C26H40N6O6/c1-15(2)11-21(31-23(34)18(28)12-16-13-29-19-8-4-3-7-17(16)19)25(36)30-20(9-5-6-10-27)24(35)32-22(14-33)26(37)38/h3-4,7-8,13,15,18,20-22,29,33H,5-6,9-12,14,27-28H2,1-2H3,(H,30,36)(H,31,34)(H,32,35)(H,37,38). The van der Waals surface area contributed by atoms with Crippen molar-refractivity contribution >= 4 is 34.6 Å². The first-order valence-electron chi connectivity index (χ1n) is 12.8. The highest BCUT2D eigenvalue weighted by Gasteiger charge is 2.30. The van der Waals surface area contributed by atoms with Crippen molar-refractivity contribution in [1.29, 1.82) is 0 Å². The summed E-state index contributed by atoms with van der Waals surface area (Å²) >= 11 is 0. The number of carboxylic acid groups (broad SMARTS) is 1. The summed E-state index contributed by atoms with van der Waals surface area (Å²) in [5.74, 6) is -3.21. The summed E-state index contributed by atoms with van der Waals surface area (Å²) in [6.07, 6.45) is 3.66. The summed E-state index contributed by atoms with van der Waals surface area (Å²) in [4.78, 5) is 53.3.